The smallest absolute Gasteiger partial charge is 0.254 e. The molecule has 4 aromatic rings. The highest BCUT2D eigenvalue weighted by molar-refractivity contribution is 6.30. The lowest BCUT2D eigenvalue weighted by atomic mass is 9.91. The molecule has 0 saturated heterocycles. The van der Waals surface area contributed by atoms with Crippen molar-refractivity contribution in [3.8, 4) is 5.75 Å². The van der Waals surface area contributed by atoms with Crippen LogP contribution in [0.1, 0.15) is 33.2 Å². The van der Waals surface area contributed by atoms with Gasteiger partial charge in [0.25, 0.3) is 5.91 Å². The minimum absolute atomic E-state index is 0.00297. The second kappa shape index (κ2) is 7.54. The van der Waals surface area contributed by atoms with Crippen LogP contribution >= 0.6 is 11.6 Å². The number of nitrogens with zero attached hydrogens (tertiary/aromatic N) is 1. The number of nitrogens with one attached hydrogen (secondary N) is 1. The topological polar surface area (TPSA) is 45.3 Å². The highest BCUT2D eigenvalue weighted by Gasteiger charge is 2.34. The number of carbonyl (C=O) groups excluding carboxylic acids is 1. The minimum Gasteiger partial charge on any atom is -0.497 e. The molecule has 1 aliphatic heterocycles. The van der Waals surface area contributed by atoms with Gasteiger partial charge in [-0.15, -0.1) is 0 Å². The number of H-pyrrole nitrogens is 1. The van der Waals surface area contributed by atoms with E-state index >= 15 is 0 Å². The summed E-state index contributed by atoms with van der Waals surface area (Å²) >= 11 is 6.03. The van der Waals surface area contributed by atoms with Gasteiger partial charge in [0.2, 0.25) is 0 Å². The Morgan fingerprint density at radius 2 is 1.77 bits per heavy atom. The van der Waals surface area contributed by atoms with E-state index in [-0.39, 0.29) is 11.9 Å². The van der Waals surface area contributed by atoms with E-state index in [4.69, 9.17) is 16.3 Å². The van der Waals surface area contributed by atoms with E-state index in [9.17, 15) is 4.79 Å². The first-order chi connectivity index (χ1) is 14.7. The van der Waals surface area contributed by atoms with Crippen molar-refractivity contribution in [3.63, 3.8) is 0 Å². The summed E-state index contributed by atoms with van der Waals surface area (Å²) < 4.78 is 5.33. The molecule has 0 spiro atoms. The van der Waals surface area contributed by atoms with Gasteiger partial charge in [0.1, 0.15) is 5.75 Å². The predicted octanol–water partition coefficient (Wildman–Crippen LogP) is 5.62. The van der Waals surface area contributed by atoms with Gasteiger partial charge in [-0.1, -0.05) is 41.9 Å². The number of ether oxygens (including phenoxy) is 1. The van der Waals surface area contributed by atoms with E-state index in [0.717, 1.165) is 28.9 Å². The molecule has 0 saturated carbocycles. The van der Waals surface area contributed by atoms with E-state index < -0.39 is 0 Å². The number of benzene rings is 3. The molecule has 1 aromatic heterocycles. The van der Waals surface area contributed by atoms with Gasteiger partial charge in [0.05, 0.1) is 13.2 Å². The quantitative estimate of drug-likeness (QED) is 0.471. The maximum Gasteiger partial charge on any atom is 0.254 e. The van der Waals surface area contributed by atoms with Crippen LogP contribution in [0.4, 0.5) is 0 Å². The number of hydrogen-bond acceptors (Lipinski definition) is 2. The number of para-hydroxylation sites is 1. The SMILES string of the molecule is COc1ccc([C@@H]2c3[nH]c4ccccc4c3CCN2C(=O)c2ccc(Cl)cc2)cc1. The third-order valence-electron chi connectivity index (χ3n) is 5.82. The Bertz CT molecular complexity index is 1210. The highest BCUT2D eigenvalue weighted by Crippen LogP contribution is 2.39. The van der Waals surface area contributed by atoms with Crippen LogP contribution in [0, 0.1) is 0 Å². The minimum atomic E-state index is -0.199. The standard InChI is InChI=1S/C25H21ClN2O2/c1-30-19-12-8-16(9-13-19)24-23-21(20-4-2-3-5-22(20)27-23)14-15-28(24)25(29)17-6-10-18(26)11-7-17/h2-13,24,27H,14-15H2,1H3/t24-/m1/s1. The lowest BCUT2D eigenvalue weighted by molar-refractivity contribution is 0.0692. The second-order valence-corrected chi connectivity index (χ2v) is 7.93. The molecule has 0 unspecified atom stereocenters. The van der Waals surface area contributed by atoms with Gasteiger partial charge in [-0.25, -0.2) is 0 Å². The Kier molecular flexibility index (Phi) is 4.72. The van der Waals surface area contributed by atoms with Crippen LogP contribution in [0.2, 0.25) is 5.02 Å². The first-order valence-corrected chi connectivity index (χ1v) is 10.3. The molecule has 150 valence electrons. The van der Waals surface area contributed by atoms with Crippen LogP contribution in [0.3, 0.4) is 0 Å². The van der Waals surface area contributed by atoms with Gasteiger partial charge < -0.3 is 14.6 Å². The van der Waals surface area contributed by atoms with Crippen molar-refractivity contribution in [1.82, 2.24) is 9.88 Å². The van der Waals surface area contributed by atoms with Gasteiger partial charge >= 0.3 is 0 Å². The fourth-order valence-electron chi connectivity index (χ4n) is 4.35. The molecule has 1 amide bonds. The molecule has 0 bridgehead atoms. The maximum absolute atomic E-state index is 13.5. The number of aromatic amines is 1. The largest absolute Gasteiger partial charge is 0.497 e. The molecule has 0 aliphatic carbocycles. The summed E-state index contributed by atoms with van der Waals surface area (Å²) in [5, 5.41) is 1.85. The summed E-state index contributed by atoms with van der Waals surface area (Å²) in [7, 11) is 1.65. The number of methoxy groups -OCH3 is 1. The zero-order valence-corrected chi connectivity index (χ0v) is 17.3. The predicted molar refractivity (Wildman–Crippen MR) is 119 cm³/mol. The Balaban J connectivity index is 1.64. The summed E-state index contributed by atoms with van der Waals surface area (Å²) in [6.07, 6.45) is 0.811. The van der Waals surface area contributed by atoms with Crippen molar-refractivity contribution in [1.29, 1.82) is 0 Å². The summed E-state index contributed by atoms with van der Waals surface area (Å²) in [6, 6.07) is 23.2. The first-order valence-electron chi connectivity index (χ1n) is 9.95. The number of fused-ring (bicyclic) bond motifs is 3. The fraction of sp³-hybridized carbons (Fsp3) is 0.160. The molecule has 5 rings (SSSR count). The number of aromatic nitrogens is 1. The average molecular weight is 417 g/mol. The summed E-state index contributed by atoms with van der Waals surface area (Å²) in [5.41, 5.74) is 5.14. The molecular formula is C25H21ClN2O2. The molecule has 5 heteroatoms. The van der Waals surface area contributed by atoms with Crippen molar-refractivity contribution in [3.05, 3.63) is 100 Å². The normalized spacial score (nSPS) is 15.8. The Hall–Kier alpha value is -3.24. The second-order valence-electron chi connectivity index (χ2n) is 7.49. The number of amides is 1. The van der Waals surface area contributed by atoms with Gasteiger partial charge in [0, 0.05) is 33.7 Å². The molecule has 1 N–H and O–H groups in total. The zero-order chi connectivity index (χ0) is 20.7. The molecule has 0 radical (unpaired) electrons. The highest BCUT2D eigenvalue weighted by atomic mass is 35.5. The van der Waals surface area contributed by atoms with Gasteiger partial charge in [0.15, 0.2) is 0 Å². The summed E-state index contributed by atoms with van der Waals surface area (Å²) in [4.78, 5) is 19.0. The first kappa shape index (κ1) is 18.8. The average Bonchev–Trinajstić information content (AvgIpc) is 3.17. The summed E-state index contributed by atoms with van der Waals surface area (Å²) in [6.45, 7) is 0.646. The van der Waals surface area contributed by atoms with E-state index in [1.165, 1.54) is 10.9 Å². The van der Waals surface area contributed by atoms with Crippen molar-refractivity contribution < 1.29 is 9.53 Å². The van der Waals surface area contributed by atoms with E-state index in [1.807, 2.05) is 35.2 Å². The van der Waals surface area contributed by atoms with E-state index in [1.54, 1.807) is 31.4 Å². The third kappa shape index (κ3) is 3.14. The molecule has 0 fully saturated rings. The third-order valence-corrected chi connectivity index (χ3v) is 6.07. The number of halogens is 1. The fourth-order valence-corrected chi connectivity index (χ4v) is 4.48. The molecule has 3 aromatic carbocycles. The van der Waals surface area contributed by atoms with E-state index in [0.29, 0.717) is 17.1 Å². The van der Waals surface area contributed by atoms with Gasteiger partial charge in [-0.3, -0.25) is 4.79 Å². The Labute approximate surface area is 180 Å². The van der Waals surface area contributed by atoms with Crippen molar-refractivity contribution in [2.24, 2.45) is 0 Å². The van der Waals surface area contributed by atoms with Crippen molar-refractivity contribution >= 4 is 28.4 Å². The monoisotopic (exact) mass is 416 g/mol. The van der Waals surface area contributed by atoms with Crippen molar-refractivity contribution in [2.45, 2.75) is 12.5 Å². The lowest BCUT2D eigenvalue weighted by Gasteiger charge is -2.36. The van der Waals surface area contributed by atoms with Crippen LogP contribution in [-0.2, 0) is 6.42 Å². The lowest BCUT2D eigenvalue weighted by Crippen LogP contribution is -2.40. The number of hydrogen-bond donors (Lipinski definition) is 1. The van der Waals surface area contributed by atoms with Gasteiger partial charge in [-0.05, 0) is 60.0 Å². The number of carbonyl (C=O) groups is 1. The molecule has 1 atom stereocenters. The molecule has 2 heterocycles. The molecule has 4 nitrogen and oxygen atoms in total. The molecule has 30 heavy (non-hydrogen) atoms. The van der Waals surface area contributed by atoms with Crippen LogP contribution in [0.5, 0.6) is 5.75 Å². The maximum atomic E-state index is 13.5. The van der Waals surface area contributed by atoms with E-state index in [2.05, 4.69) is 23.2 Å². The van der Waals surface area contributed by atoms with Crippen LogP contribution in [-0.4, -0.2) is 29.4 Å². The number of rotatable bonds is 3. The molecular weight excluding hydrogens is 396 g/mol. The Morgan fingerprint density at radius 1 is 1.03 bits per heavy atom. The van der Waals surface area contributed by atoms with Crippen LogP contribution in [0.15, 0.2) is 72.8 Å². The molecule has 1 aliphatic rings. The summed E-state index contributed by atoms with van der Waals surface area (Å²) in [5.74, 6) is 0.791. The zero-order valence-electron chi connectivity index (χ0n) is 16.6. The van der Waals surface area contributed by atoms with Crippen molar-refractivity contribution in [2.75, 3.05) is 13.7 Å². The van der Waals surface area contributed by atoms with Crippen LogP contribution in [0.25, 0.3) is 10.9 Å². The van der Waals surface area contributed by atoms with Gasteiger partial charge in [-0.2, -0.15) is 0 Å². The Morgan fingerprint density at radius 3 is 2.50 bits per heavy atom. The van der Waals surface area contributed by atoms with Crippen LogP contribution < -0.4 is 4.74 Å².